The molecule has 0 aromatic heterocycles. The Hall–Kier alpha value is -0.740. The summed E-state index contributed by atoms with van der Waals surface area (Å²) in [4.78, 5) is 13.1. The predicted molar refractivity (Wildman–Crippen MR) is 78.2 cm³/mol. The van der Waals surface area contributed by atoms with E-state index in [1.54, 1.807) is 0 Å². The van der Waals surface area contributed by atoms with Crippen molar-refractivity contribution in [3.63, 3.8) is 0 Å². The van der Waals surface area contributed by atoms with Crippen molar-refractivity contribution in [3.8, 4) is 0 Å². The van der Waals surface area contributed by atoms with Crippen molar-refractivity contribution in [2.45, 2.75) is 12.8 Å². The molecule has 21 heavy (non-hydrogen) atoms. The van der Waals surface area contributed by atoms with Crippen LogP contribution in [0.2, 0.25) is 0 Å². The zero-order chi connectivity index (χ0) is 15.3. The minimum Gasteiger partial charge on any atom is -0.481 e. The van der Waals surface area contributed by atoms with E-state index in [2.05, 4.69) is 14.9 Å². The molecule has 0 bridgehead atoms. The highest BCUT2D eigenvalue weighted by Gasteiger charge is 2.30. The third-order valence-electron chi connectivity index (χ3n) is 4.07. The van der Waals surface area contributed by atoms with Crippen molar-refractivity contribution in [2.24, 2.45) is 5.92 Å². The minimum atomic E-state index is -3.49. The average molecular weight is 320 g/mol. The van der Waals surface area contributed by atoms with Crippen molar-refractivity contribution in [3.05, 3.63) is 0 Å². The molecule has 2 saturated heterocycles. The molecule has 0 unspecified atom stereocenters. The molecule has 0 atom stereocenters. The van der Waals surface area contributed by atoms with Crippen molar-refractivity contribution in [2.75, 3.05) is 52.4 Å². The first-order chi connectivity index (χ1) is 9.99. The summed E-state index contributed by atoms with van der Waals surface area (Å²) in [5.41, 5.74) is 0. The number of aliphatic carboxylic acids is 1. The van der Waals surface area contributed by atoms with Crippen molar-refractivity contribution in [1.82, 2.24) is 19.2 Å². The molecule has 3 N–H and O–H groups in total. The van der Waals surface area contributed by atoms with E-state index in [4.69, 9.17) is 5.11 Å². The number of piperidine rings is 1. The normalized spacial score (nSPS) is 23.2. The number of piperazine rings is 1. The summed E-state index contributed by atoms with van der Waals surface area (Å²) in [5.74, 6) is -1.25. The van der Waals surface area contributed by atoms with Gasteiger partial charge in [-0.2, -0.15) is 12.7 Å². The second kappa shape index (κ2) is 7.50. The summed E-state index contributed by atoms with van der Waals surface area (Å²) in [6.45, 7) is 5.40. The molecule has 0 aromatic carbocycles. The number of carboxylic acids is 1. The molecule has 0 spiro atoms. The van der Waals surface area contributed by atoms with Gasteiger partial charge in [0, 0.05) is 52.4 Å². The molecular weight excluding hydrogens is 296 g/mol. The molecule has 0 saturated carbocycles. The van der Waals surface area contributed by atoms with E-state index in [1.807, 2.05) is 0 Å². The van der Waals surface area contributed by atoms with Crippen molar-refractivity contribution < 1.29 is 18.3 Å². The molecule has 8 nitrogen and oxygen atoms in total. The number of hydrogen-bond acceptors (Lipinski definition) is 5. The van der Waals surface area contributed by atoms with Crippen molar-refractivity contribution in [1.29, 1.82) is 0 Å². The third-order valence-corrected chi connectivity index (χ3v) is 5.68. The van der Waals surface area contributed by atoms with Gasteiger partial charge in [0.05, 0.1) is 5.92 Å². The van der Waals surface area contributed by atoms with Crippen molar-refractivity contribution >= 4 is 16.2 Å². The molecule has 2 rings (SSSR count). The monoisotopic (exact) mass is 320 g/mol. The average Bonchev–Trinajstić information content (AvgIpc) is 2.48. The zero-order valence-corrected chi connectivity index (χ0v) is 12.9. The van der Waals surface area contributed by atoms with Crippen LogP contribution in [0.5, 0.6) is 0 Å². The molecular formula is C12H24N4O4S. The van der Waals surface area contributed by atoms with Crippen LogP contribution in [0.25, 0.3) is 0 Å². The Kier molecular flexibility index (Phi) is 5.94. The lowest BCUT2D eigenvalue weighted by Gasteiger charge is -2.30. The van der Waals surface area contributed by atoms with Gasteiger partial charge in [-0.25, -0.2) is 4.72 Å². The van der Waals surface area contributed by atoms with E-state index in [0.29, 0.717) is 25.9 Å². The Morgan fingerprint density at radius 2 is 1.81 bits per heavy atom. The van der Waals surface area contributed by atoms with Crippen LogP contribution in [0.3, 0.4) is 0 Å². The lowest BCUT2D eigenvalue weighted by molar-refractivity contribution is -0.142. The quantitative estimate of drug-likeness (QED) is 0.552. The molecule has 0 amide bonds. The standard InChI is InChI=1S/C12H24N4O4S/c17-12(18)11-1-6-16(7-2-11)21(19,20)14-5-10-15-8-3-13-4-9-15/h11,13-14H,1-10H2,(H,17,18). The van der Waals surface area contributed by atoms with Gasteiger partial charge >= 0.3 is 5.97 Å². The highest BCUT2D eigenvalue weighted by Crippen LogP contribution is 2.18. The van der Waals surface area contributed by atoms with Crippen LogP contribution in [0, 0.1) is 5.92 Å². The Balaban J connectivity index is 1.73. The van der Waals surface area contributed by atoms with E-state index in [-0.39, 0.29) is 13.1 Å². The fourth-order valence-corrected chi connectivity index (χ4v) is 3.93. The largest absolute Gasteiger partial charge is 0.481 e. The fraction of sp³-hybridized carbons (Fsp3) is 0.917. The smallest absolute Gasteiger partial charge is 0.306 e. The Bertz CT molecular complexity index is 442. The van der Waals surface area contributed by atoms with Crippen LogP contribution < -0.4 is 10.0 Å². The van der Waals surface area contributed by atoms with Gasteiger partial charge in [-0.1, -0.05) is 0 Å². The summed E-state index contributed by atoms with van der Waals surface area (Å²) in [5, 5.41) is 12.2. The summed E-state index contributed by atoms with van der Waals surface area (Å²) in [6, 6.07) is 0. The number of hydrogen-bond donors (Lipinski definition) is 3. The Morgan fingerprint density at radius 1 is 1.19 bits per heavy atom. The Morgan fingerprint density at radius 3 is 2.38 bits per heavy atom. The Labute approximate surface area is 125 Å². The molecule has 122 valence electrons. The highest BCUT2D eigenvalue weighted by atomic mass is 32.2. The number of carbonyl (C=O) groups is 1. The maximum absolute atomic E-state index is 12.1. The highest BCUT2D eigenvalue weighted by molar-refractivity contribution is 7.87. The lowest BCUT2D eigenvalue weighted by atomic mass is 9.99. The van der Waals surface area contributed by atoms with Gasteiger partial charge in [0.15, 0.2) is 0 Å². The molecule has 0 aromatic rings. The van der Waals surface area contributed by atoms with Gasteiger partial charge in [0.1, 0.15) is 0 Å². The molecule has 0 radical (unpaired) electrons. The molecule has 0 aliphatic carbocycles. The fourth-order valence-electron chi connectivity index (χ4n) is 2.70. The van der Waals surface area contributed by atoms with Crippen LogP contribution in [-0.4, -0.2) is 81.1 Å². The van der Waals surface area contributed by atoms with Gasteiger partial charge in [0.2, 0.25) is 0 Å². The number of carboxylic acid groups (broad SMARTS) is 1. The number of nitrogens with zero attached hydrogens (tertiary/aromatic N) is 2. The second-order valence-corrected chi connectivity index (χ2v) is 7.26. The van der Waals surface area contributed by atoms with Gasteiger partial charge in [-0.3, -0.25) is 9.69 Å². The summed E-state index contributed by atoms with van der Waals surface area (Å²) in [7, 11) is -3.49. The second-order valence-electron chi connectivity index (χ2n) is 5.50. The lowest BCUT2D eigenvalue weighted by Crippen LogP contribution is -2.49. The van der Waals surface area contributed by atoms with Crippen LogP contribution in [0.4, 0.5) is 0 Å². The number of rotatable bonds is 6. The molecule has 2 aliphatic rings. The van der Waals surface area contributed by atoms with Gasteiger partial charge in [0.25, 0.3) is 10.2 Å². The maximum Gasteiger partial charge on any atom is 0.306 e. The van der Waals surface area contributed by atoms with Gasteiger partial charge in [-0.05, 0) is 12.8 Å². The van der Waals surface area contributed by atoms with Crippen LogP contribution in [0.15, 0.2) is 0 Å². The SMILES string of the molecule is O=C(O)C1CCN(S(=O)(=O)NCCN2CCNCC2)CC1. The summed E-state index contributed by atoms with van der Waals surface area (Å²) in [6.07, 6.45) is 0.766. The molecule has 2 aliphatic heterocycles. The maximum atomic E-state index is 12.1. The van der Waals surface area contributed by atoms with Gasteiger partial charge in [-0.15, -0.1) is 0 Å². The zero-order valence-electron chi connectivity index (χ0n) is 12.1. The number of nitrogens with one attached hydrogen (secondary N) is 2. The first kappa shape index (κ1) is 16.6. The molecule has 9 heteroatoms. The summed E-state index contributed by atoms with van der Waals surface area (Å²) >= 11 is 0. The molecule has 2 fully saturated rings. The first-order valence-corrected chi connectivity index (χ1v) is 8.83. The topological polar surface area (TPSA) is 102 Å². The first-order valence-electron chi connectivity index (χ1n) is 7.39. The summed E-state index contributed by atoms with van der Waals surface area (Å²) < 4.78 is 28.2. The minimum absolute atomic E-state index is 0.278. The van der Waals surface area contributed by atoms with Crippen LogP contribution >= 0.6 is 0 Å². The third kappa shape index (κ3) is 4.89. The van der Waals surface area contributed by atoms with E-state index in [0.717, 1.165) is 26.2 Å². The molecule has 2 heterocycles. The van der Waals surface area contributed by atoms with E-state index >= 15 is 0 Å². The van der Waals surface area contributed by atoms with Crippen LogP contribution in [-0.2, 0) is 15.0 Å². The van der Waals surface area contributed by atoms with E-state index in [9.17, 15) is 13.2 Å². The van der Waals surface area contributed by atoms with E-state index in [1.165, 1.54) is 4.31 Å². The predicted octanol–water partition coefficient (Wildman–Crippen LogP) is -1.48. The van der Waals surface area contributed by atoms with Gasteiger partial charge < -0.3 is 10.4 Å². The van der Waals surface area contributed by atoms with E-state index < -0.39 is 22.1 Å². The van der Waals surface area contributed by atoms with Crippen LogP contribution in [0.1, 0.15) is 12.8 Å².